The van der Waals surface area contributed by atoms with Crippen LogP contribution in [0.2, 0.25) is 0 Å². The molecule has 0 aliphatic carbocycles. The molecule has 1 aromatic carbocycles. The summed E-state index contributed by atoms with van der Waals surface area (Å²) >= 11 is 3.29. The molecule has 17 heavy (non-hydrogen) atoms. The lowest BCUT2D eigenvalue weighted by Gasteiger charge is -2.12. The van der Waals surface area contributed by atoms with Crippen molar-refractivity contribution in [1.82, 2.24) is 0 Å². The fourth-order valence-electron chi connectivity index (χ4n) is 1.12. The molecular formula is C12H10BrNO3. The SMILES string of the molecule is CC(Oc1ccc(Br)cc1/C=C/C#N)C(=O)O. The van der Waals surface area contributed by atoms with Gasteiger partial charge in [0.1, 0.15) is 5.75 Å². The van der Waals surface area contributed by atoms with Crippen LogP contribution in [0.15, 0.2) is 28.7 Å². The van der Waals surface area contributed by atoms with Crippen LogP contribution in [0.1, 0.15) is 12.5 Å². The molecule has 0 fully saturated rings. The highest BCUT2D eigenvalue weighted by molar-refractivity contribution is 9.10. The van der Waals surface area contributed by atoms with E-state index in [0.29, 0.717) is 11.3 Å². The first-order valence-corrected chi connectivity index (χ1v) is 5.59. The smallest absolute Gasteiger partial charge is 0.344 e. The Hall–Kier alpha value is -1.80. The predicted octanol–water partition coefficient (Wildman–Crippen LogP) is 2.84. The van der Waals surface area contributed by atoms with Crippen molar-refractivity contribution in [3.8, 4) is 11.8 Å². The largest absolute Gasteiger partial charge is 0.479 e. The quantitative estimate of drug-likeness (QED) is 0.867. The van der Waals surface area contributed by atoms with Gasteiger partial charge in [0.15, 0.2) is 6.10 Å². The molecule has 1 aromatic rings. The van der Waals surface area contributed by atoms with E-state index in [-0.39, 0.29) is 0 Å². The zero-order chi connectivity index (χ0) is 12.8. The topological polar surface area (TPSA) is 70.3 Å². The number of carboxylic acids is 1. The van der Waals surface area contributed by atoms with E-state index in [9.17, 15) is 4.79 Å². The summed E-state index contributed by atoms with van der Waals surface area (Å²) in [6, 6.07) is 7.02. The zero-order valence-electron chi connectivity index (χ0n) is 9.05. The van der Waals surface area contributed by atoms with Gasteiger partial charge in [0, 0.05) is 16.1 Å². The molecule has 88 valence electrons. The van der Waals surface area contributed by atoms with Gasteiger partial charge in [0.2, 0.25) is 0 Å². The maximum Gasteiger partial charge on any atom is 0.344 e. The van der Waals surface area contributed by atoms with Crippen molar-refractivity contribution in [1.29, 1.82) is 5.26 Å². The normalized spacial score (nSPS) is 12.1. The third-order valence-electron chi connectivity index (χ3n) is 1.96. The first-order valence-electron chi connectivity index (χ1n) is 4.79. The average Bonchev–Trinajstić information content (AvgIpc) is 2.29. The van der Waals surface area contributed by atoms with E-state index in [0.717, 1.165) is 4.47 Å². The molecule has 1 unspecified atom stereocenters. The van der Waals surface area contributed by atoms with E-state index in [4.69, 9.17) is 15.1 Å². The lowest BCUT2D eigenvalue weighted by Crippen LogP contribution is -2.23. The van der Waals surface area contributed by atoms with E-state index in [1.54, 1.807) is 24.3 Å². The van der Waals surface area contributed by atoms with Crippen LogP contribution in [0.5, 0.6) is 5.75 Å². The number of carboxylic acid groups (broad SMARTS) is 1. The fraction of sp³-hybridized carbons (Fsp3) is 0.167. The maximum atomic E-state index is 10.7. The summed E-state index contributed by atoms with van der Waals surface area (Å²) < 4.78 is 6.10. The van der Waals surface area contributed by atoms with Crippen molar-refractivity contribution in [2.24, 2.45) is 0 Å². The minimum atomic E-state index is -1.04. The maximum absolute atomic E-state index is 10.7. The number of ether oxygens (including phenoxy) is 1. The summed E-state index contributed by atoms with van der Waals surface area (Å²) in [6.07, 6.45) is 1.93. The van der Waals surface area contributed by atoms with Crippen molar-refractivity contribution in [3.63, 3.8) is 0 Å². The number of nitriles is 1. The molecule has 0 aliphatic rings. The van der Waals surface area contributed by atoms with Crippen LogP contribution in [0.4, 0.5) is 0 Å². The Morgan fingerprint density at radius 1 is 1.65 bits per heavy atom. The summed E-state index contributed by atoms with van der Waals surface area (Å²) in [5, 5.41) is 17.2. The van der Waals surface area contributed by atoms with Gasteiger partial charge in [-0.3, -0.25) is 0 Å². The molecule has 0 saturated heterocycles. The first kappa shape index (κ1) is 13.3. The predicted molar refractivity (Wildman–Crippen MR) is 66.5 cm³/mol. The van der Waals surface area contributed by atoms with Gasteiger partial charge in [-0.25, -0.2) is 4.79 Å². The van der Waals surface area contributed by atoms with Crippen LogP contribution < -0.4 is 4.74 Å². The molecule has 0 aromatic heterocycles. The van der Waals surface area contributed by atoms with Crippen LogP contribution in [0.3, 0.4) is 0 Å². The zero-order valence-corrected chi connectivity index (χ0v) is 10.6. The number of hydrogen-bond acceptors (Lipinski definition) is 3. The molecule has 0 aliphatic heterocycles. The van der Waals surface area contributed by atoms with Gasteiger partial charge < -0.3 is 9.84 Å². The summed E-state index contributed by atoms with van der Waals surface area (Å²) in [6.45, 7) is 1.45. The lowest BCUT2D eigenvalue weighted by molar-refractivity contribution is -0.144. The highest BCUT2D eigenvalue weighted by atomic mass is 79.9. The molecule has 4 nitrogen and oxygen atoms in total. The first-order chi connectivity index (χ1) is 8.04. The molecule has 0 amide bonds. The highest BCUT2D eigenvalue weighted by Crippen LogP contribution is 2.25. The van der Waals surface area contributed by atoms with Gasteiger partial charge in [-0.15, -0.1) is 0 Å². The minimum absolute atomic E-state index is 0.426. The van der Waals surface area contributed by atoms with Crippen LogP contribution in [-0.2, 0) is 4.79 Å². The Morgan fingerprint density at radius 2 is 2.35 bits per heavy atom. The number of benzene rings is 1. The fourth-order valence-corrected chi connectivity index (χ4v) is 1.50. The van der Waals surface area contributed by atoms with Gasteiger partial charge in [0.05, 0.1) is 6.07 Å². The molecule has 0 bridgehead atoms. The van der Waals surface area contributed by atoms with Crippen LogP contribution in [0.25, 0.3) is 6.08 Å². The number of aliphatic carboxylic acids is 1. The molecule has 5 heteroatoms. The van der Waals surface area contributed by atoms with Crippen molar-refractivity contribution < 1.29 is 14.6 Å². The number of halogens is 1. The van der Waals surface area contributed by atoms with Gasteiger partial charge in [0.25, 0.3) is 0 Å². The Labute approximate surface area is 107 Å². The van der Waals surface area contributed by atoms with E-state index in [1.165, 1.54) is 13.0 Å². The highest BCUT2D eigenvalue weighted by Gasteiger charge is 2.14. The van der Waals surface area contributed by atoms with Crippen LogP contribution in [0, 0.1) is 11.3 Å². The summed E-state index contributed by atoms with van der Waals surface area (Å²) in [5.74, 6) is -0.613. The Kier molecular flexibility index (Phi) is 4.73. The molecule has 1 atom stereocenters. The monoisotopic (exact) mass is 295 g/mol. The summed E-state index contributed by atoms with van der Waals surface area (Å²) in [7, 11) is 0. The molecule has 0 spiro atoms. The number of nitrogens with zero attached hydrogens (tertiary/aromatic N) is 1. The van der Waals surface area contributed by atoms with E-state index < -0.39 is 12.1 Å². The Morgan fingerprint density at radius 3 is 2.94 bits per heavy atom. The number of carbonyl (C=O) groups is 1. The second kappa shape index (κ2) is 6.06. The second-order valence-corrected chi connectivity index (χ2v) is 4.16. The molecule has 1 rings (SSSR count). The molecule has 1 N–H and O–H groups in total. The Balaban J connectivity index is 3.02. The molecule has 0 radical (unpaired) electrons. The average molecular weight is 296 g/mol. The Bertz CT molecular complexity index is 491. The van der Waals surface area contributed by atoms with E-state index >= 15 is 0 Å². The standard InChI is InChI=1S/C12H10BrNO3/c1-8(12(15)16)17-11-5-4-10(13)7-9(11)3-2-6-14/h2-5,7-8H,1H3,(H,15,16)/b3-2+. The van der Waals surface area contributed by atoms with Gasteiger partial charge in [-0.05, 0) is 31.2 Å². The summed E-state index contributed by atoms with van der Waals surface area (Å²) in [4.78, 5) is 10.7. The van der Waals surface area contributed by atoms with Crippen molar-refractivity contribution in [2.75, 3.05) is 0 Å². The second-order valence-electron chi connectivity index (χ2n) is 3.24. The van der Waals surface area contributed by atoms with Crippen LogP contribution >= 0.6 is 15.9 Å². The minimum Gasteiger partial charge on any atom is -0.479 e. The molecule has 0 heterocycles. The summed E-state index contributed by atoms with van der Waals surface area (Å²) in [5.41, 5.74) is 0.647. The van der Waals surface area contributed by atoms with Gasteiger partial charge in [-0.2, -0.15) is 5.26 Å². The third kappa shape index (κ3) is 3.93. The van der Waals surface area contributed by atoms with Crippen molar-refractivity contribution in [3.05, 3.63) is 34.3 Å². The van der Waals surface area contributed by atoms with Crippen molar-refractivity contribution in [2.45, 2.75) is 13.0 Å². The number of rotatable bonds is 4. The molecule has 0 saturated carbocycles. The van der Waals surface area contributed by atoms with Crippen molar-refractivity contribution >= 4 is 28.0 Å². The van der Waals surface area contributed by atoms with Gasteiger partial charge >= 0.3 is 5.97 Å². The molecular weight excluding hydrogens is 286 g/mol. The number of allylic oxidation sites excluding steroid dienone is 1. The van der Waals surface area contributed by atoms with E-state index in [2.05, 4.69) is 15.9 Å². The van der Waals surface area contributed by atoms with Crippen LogP contribution in [-0.4, -0.2) is 17.2 Å². The van der Waals surface area contributed by atoms with E-state index in [1.807, 2.05) is 6.07 Å². The lowest BCUT2D eigenvalue weighted by atomic mass is 10.2. The van der Waals surface area contributed by atoms with Gasteiger partial charge in [-0.1, -0.05) is 15.9 Å². The number of hydrogen-bond donors (Lipinski definition) is 1. The third-order valence-corrected chi connectivity index (χ3v) is 2.45.